The molecule has 25 heavy (non-hydrogen) atoms. The Morgan fingerprint density at radius 2 is 1.88 bits per heavy atom. The molecule has 0 aliphatic heterocycles. The molecule has 1 N–H and O–H groups in total. The maximum atomic E-state index is 13.2. The van der Waals surface area contributed by atoms with Crippen LogP contribution in [0.15, 0.2) is 48.9 Å². The van der Waals surface area contributed by atoms with Crippen LogP contribution in [-0.2, 0) is 6.18 Å². The van der Waals surface area contributed by atoms with E-state index in [1.807, 2.05) is 0 Å². The largest absolute Gasteiger partial charge is 0.507 e. The molecule has 0 amide bonds. The van der Waals surface area contributed by atoms with Gasteiger partial charge in [0, 0.05) is 12.4 Å². The third-order valence-electron chi connectivity index (χ3n) is 3.36. The molecule has 0 fully saturated rings. The van der Waals surface area contributed by atoms with E-state index in [0.717, 1.165) is 41.2 Å². The van der Waals surface area contributed by atoms with Crippen molar-refractivity contribution in [3.05, 3.63) is 71.4 Å². The van der Waals surface area contributed by atoms with Crippen LogP contribution >= 0.6 is 0 Å². The van der Waals surface area contributed by atoms with Gasteiger partial charge in [0.2, 0.25) is 0 Å². The fourth-order valence-corrected chi connectivity index (χ4v) is 2.10. The molecule has 9 heteroatoms. The molecule has 0 saturated heterocycles. The number of hydrogen-bond donors (Lipinski definition) is 1. The predicted molar refractivity (Wildman–Crippen MR) is 77.9 cm³/mol. The van der Waals surface area contributed by atoms with Gasteiger partial charge in [-0.05, 0) is 30.3 Å². The van der Waals surface area contributed by atoms with Gasteiger partial charge in [-0.25, -0.2) is 14.1 Å². The number of halogens is 4. The molecule has 3 rings (SSSR count). The van der Waals surface area contributed by atoms with Gasteiger partial charge in [-0.3, -0.25) is 4.79 Å². The second kappa shape index (κ2) is 6.00. The smallest absolute Gasteiger partial charge is 0.417 e. The lowest BCUT2D eigenvalue weighted by atomic mass is 10.1. The van der Waals surface area contributed by atoms with E-state index in [2.05, 4.69) is 10.1 Å². The molecule has 0 radical (unpaired) electrons. The van der Waals surface area contributed by atoms with Crippen molar-refractivity contribution in [1.82, 2.24) is 14.8 Å². The van der Waals surface area contributed by atoms with Crippen molar-refractivity contribution in [3.63, 3.8) is 0 Å². The minimum Gasteiger partial charge on any atom is -0.507 e. The quantitative estimate of drug-likeness (QED) is 0.580. The summed E-state index contributed by atoms with van der Waals surface area (Å²) in [6.07, 6.45) is -1.49. The number of carbonyl (C=O) groups is 1. The SMILES string of the molecule is O=C(c1cnn(-c2ccc(C(F)(F)F)cn2)c1)c1cc(F)ccc1O. The van der Waals surface area contributed by atoms with Gasteiger partial charge in [0.15, 0.2) is 11.6 Å². The van der Waals surface area contributed by atoms with E-state index in [9.17, 15) is 27.5 Å². The summed E-state index contributed by atoms with van der Waals surface area (Å²) >= 11 is 0. The number of hydrogen-bond acceptors (Lipinski definition) is 4. The monoisotopic (exact) mass is 351 g/mol. The van der Waals surface area contributed by atoms with Crippen LogP contribution in [0, 0.1) is 5.82 Å². The van der Waals surface area contributed by atoms with Crippen LogP contribution in [-0.4, -0.2) is 25.7 Å². The third-order valence-corrected chi connectivity index (χ3v) is 3.36. The highest BCUT2D eigenvalue weighted by Gasteiger charge is 2.30. The normalized spacial score (nSPS) is 11.5. The van der Waals surface area contributed by atoms with Gasteiger partial charge in [0.05, 0.1) is 22.9 Å². The van der Waals surface area contributed by atoms with Crippen molar-refractivity contribution < 1.29 is 27.5 Å². The van der Waals surface area contributed by atoms with Gasteiger partial charge in [0.25, 0.3) is 0 Å². The average Bonchev–Trinajstić information content (AvgIpc) is 3.06. The number of pyridine rings is 1. The Hall–Kier alpha value is -3.23. The Morgan fingerprint density at radius 1 is 1.12 bits per heavy atom. The van der Waals surface area contributed by atoms with Gasteiger partial charge >= 0.3 is 6.18 Å². The zero-order valence-corrected chi connectivity index (χ0v) is 12.3. The van der Waals surface area contributed by atoms with Crippen molar-refractivity contribution in [2.45, 2.75) is 6.18 Å². The molecular weight excluding hydrogens is 342 g/mol. The lowest BCUT2D eigenvalue weighted by Crippen LogP contribution is -2.07. The minimum atomic E-state index is -4.51. The summed E-state index contributed by atoms with van der Waals surface area (Å²) in [7, 11) is 0. The lowest BCUT2D eigenvalue weighted by molar-refractivity contribution is -0.137. The molecule has 2 aromatic heterocycles. The van der Waals surface area contributed by atoms with E-state index in [-0.39, 0.29) is 16.9 Å². The fourth-order valence-electron chi connectivity index (χ4n) is 2.10. The summed E-state index contributed by atoms with van der Waals surface area (Å²) in [4.78, 5) is 16.0. The first-order valence-corrected chi connectivity index (χ1v) is 6.87. The summed E-state index contributed by atoms with van der Waals surface area (Å²) in [5.74, 6) is -1.71. The number of phenols is 1. The highest BCUT2D eigenvalue weighted by molar-refractivity contribution is 6.10. The van der Waals surface area contributed by atoms with Gasteiger partial charge in [-0.1, -0.05) is 0 Å². The van der Waals surface area contributed by atoms with Gasteiger partial charge in [-0.2, -0.15) is 18.3 Å². The number of benzene rings is 1. The summed E-state index contributed by atoms with van der Waals surface area (Å²) in [6, 6.07) is 4.87. The number of nitrogens with zero attached hydrogens (tertiary/aromatic N) is 3. The number of phenolic OH excluding ortho intramolecular Hbond substituents is 1. The number of rotatable bonds is 3. The van der Waals surface area contributed by atoms with Crippen molar-refractivity contribution in [2.24, 2.45) is 0 Å². The molecule has 5 nitrogen and oxygen atoms in total. The Kier molecular flexibility index (Phi) is 3.99. The van der Waals surface area contributed by atoms with Gasteiger partial charge < -0.3 is 5.11 Å². The molecule has 0 spiro atoms. The molecule has 0 aliphatic rings. The molecule has 1 aromatic carbocycles. The maximum Gasteiger partial charge on any atom is 0.417 e. The van der Waals surface area contributed by atoms with E-state index >= 15 is 0 Å². The number of alkyl halides is 3. The molecule has 128 valence electrons. The Balaban J connectivity index is 1.90. The topological polar surface area (TPSA) is 68.0 Å². The first-order valence-electron chi connectivity index (χ1n) is 6.87. The molecular formula is C16H9F4N3O2. The van der Waals surface area contributed by atoms with Crippen LogP contribution in [0.5, 0.6) is 5.75 Å². The molecule has 0 atom stereocenters. The predicted octanol–water partition coefficient (Wildman–Crippen LogP) is 3.36. The molecule has 0 bridgehead atoms. The highest BCUT2D eigenvalue weighted by Crippen LogP contribution is 2.28. The summed E-state index contributed by atoms with van der Waals surface area (Å²) in [5, 5.41) is 13.5. The van der Waals surface area contributed by atoms with Crippen molar-refractivity contribution >= 4 is 5.78 Å². The second-order valence-electron chi connectivity index (χ2n) is 5.07. The van der Waals surface area contributed by atoms with Crippen molar-refractivity contribution in [2.75, 3.05) is 0 Å². The Labute approximate surface area is 138 Å². The van der Waals surface area contributed by atoms with Crippen LogP contribution in [0.4, 0.5) is 17.6 Å². The minimum absolute atomic E-state index is 0.0163. The molecule has 0 unspecified atom stereocenters. The number of carbonyl (C=O) groups excluding carboxylic acids is 1. The second-order valence-corrected chi connectivity index (χ2v) is 5.07. The van der Waals surface area contributed by atoms with Crippen LogP contribution in [0.2, 0.25) is 0 Å². The zero-order chi connectivity index (χ0) is 18.2. The summed E-state index contributed by atoms with van der Waals surface area (Å²) in [6.45, 7) is 0. The van der Waals surface area contributed by atoms with E-state index in [4.69, 9.17) is 0 Å². The first-order chi connectivity index (χ1) is 11.8. The van der Waals surface area contributed by atoms with Crippen molar-refractivity contribution in [3.8, 4) is 11.6 Å². The highest BCUT2D eigenvalue weighted by atomic mass is 19.4. The van der Waals surface area contributed by atoms with E-state index in [1.165, 1.54) is 6.20 Å². The first kappa shape index (κ1) is 16.6. The van der Waals surface area contributed by atoms with Gasteiger partial charge in [-0.15, -0.1) is 0 Å². The lowest BCUT2D eigenvalue weighted by Gasteiger charge is -2.06. The van der Waals surface area contributed by atoms with Crippen LogP contribution in [0.3, 0.4) is 0 Å². The molecule has 3 aromatic rings. The van der Waals surface area contributed by atoms with E-state index in [1.54, 1.807) is 0 Å². The Morgan fingerprint density at radius 3 is 2.52 bits per heavy atom. The Bertz CT molecular complexity index is 933. The fraction of sp³-hybridized carbons (Fsp3) is 0.0625. The summed E-state index contributed by atoms with van der Waals surface area (Å²) in [5.41, 5.74) is -1.15. The zero-order valence-electron chi connectivity index (χ0n) is 12.3. The maximum absolute atomic E-state index is 13.2. The van der Waals surface area contributed by atoms with E-state index < -0.39 is 29.1 Å². The molecule has 0 aliphatic carbocycles. The standard InChI is InChI=1S/C16H9F4N3O2/c17-11-2-3-13(24)12(5-11)15(25)9-6-22-23(8-9)14-4-1-10(7-21-14)16(18,19)20/h1-8,24H. The van der Waals surface area contributed by atoms with Gasteiger partial charge in [0.1, 0.15) is 11.6 Å². The van der Waals surface area contributed by atoms with Crippen molar-refractivity contribution in [1.29, 1.82) is 0 Å². The van der Waals surface area contributed by atoms with Crippen LogP contribution < -0.4 is 0 Å². The number of ketones is 1. The third kappa shape index (κ3) is 3.35. The number of aromatic hydroxyl groups is 1. The average molecular weight is 351 g/mol. The number of aromatic nitrogens is 3. The molecule has 0 saturated carbocycles. The van der Waals surface area contributed by atoms with Crippen LogP contribution in [0.1, 0.15) is 21.5 Å². The summed E-state index contributed by atoms with van der Waals surface area (Å²) < 4.78 is 51.9. The van der Waals surface area contributed by atoms with Crippen LogP contribution in [0.25, 0.3) is 5.82 Å². The molecule has 2 heterocycles. The van der Waals surface area contributed by atoms with E-state index in [0.29, 0.717) is 6.20 Å².